The Hall–Kier alpha value is 0.690. The van der Waals surface area contributed by atoms with Gasteiger partial charge in [-0.1, -0.05) is 6.92 Å². The summed E-state index contributed by atoms with van der Waals surface area (Å²) < 4.78 is 0. The number of rotatable bonds is 1. The lowest BCUT2D eigenvalue weighted by Gasteiger charge is -2.28. The van der Waals surface area contributed by atoms with Crippen molar-refractivity contribution >= 4 is 0 Å². The third kappa shape index (κ3) is 3.74. The lowest BCUT2D eigenvalue weighted by molar-refractivity contribution is -0.887. The van der Waals surface area contributed by atoms with Gasteiger partial charge < -0.3 is 28.9 Å². The highest BCUT2D eigenvalue weighted by molar-refractivity contribution is 4.67. The predicted octanol–water partition coefficient (Wildman–Crippen LogP) is -2.29. The minimum Gasteiger partial charge on any atom is -1.00 e. The van der Waals surface area contributed by atoms with Crippen molar-refractivity contribution in [1.82, 2.24) is 0 Å². The molecule has 0 aromatic carbocycles. The van der Waals surface area contributed by atoms with Crippen molar-refractivity contribution in [3.63, 3.8) is 0 Å². The Morgan fingerprint density at radius 2 is 1.45 bits per heavy atom. The Morgan fingerprint density at radius 1 is 1.00 bits per heavy atom. The van der Waals surface area contributed by atoms with Crippen LogP contribution in [0.4, 0.5) is 0 Å². The van der Waals surface area contributed by atoms with Gasteiger partial charge in [-0.2, -0.15) is 0 Å². The molecule has 0 radical (unpaired) electrons. The zero-order valence-corrected chi connectivity index (χ0v) is 10.0. The minimum absolute atomic E-state index is 0. The van der Waals surface area contributed by atoms with E-state index >= 15 is 0 Å². The van der Waals surface area contributed by atoms with Gasteiger partial charge in [0.15, 0.2) is 0 Å². The van der Waals surface area contributed by atoms with Crippen LogP contribution in [0.5, 0.6) is 0 Å². The highest BCUT2D eigenvalue weighted by atomic mass is 127. The van der Waals surface area contributed by atoms with Gasteiger partial charge in [0.1, 0.15) is 0 Å². The average Bonchev–Trinajstić information content (AvgIpc) is 1.88. The van der Waals surface area contributed by atoms with Crippen LogP contribution < -0.4 is 28.9 Å². The zero-order valence-electron chi connectivity index (χ0n) is 7.86. The summed E-state index contributed by atoms with van der Waals surface area (Å²) >= 11 is 0. The van der Waals surface area contributed by atoms with Gasteiger partial charge in [0.25, 0.3) is 0 Å². The van der Waals surface area contributed by atoms with E-state index in [1.807, 2.05) is 0 Å². The molecule has 0 bridgehead atoms. The third-order valence-corrected chi connectivity index (χ3v) is 2.83. The molecular weight excluding hydrogens is 249 g/mol. The van der Waals surface area contributed by atoms with Gasteiger partial charge in [0.05, 0.1) is 20.1 Å². The molecule has 0 heterocycles. The average molecular weight is 269 g/mol. The lowest BCUT2D eigenvalue weighted by Crippen LogP contribution is -3.10. The molecule has 0 aromatic heterocycles. The van der Waals surface area contributed by atoms with Crippen LogP contribution in [0.3, 0.4) is 0 Å². The normalized spacial score (nSPS) is 31.6. The van der Waals surface area contributed by atoms with E-state index in [1.54, 1.807) is 4.90 Å². The second-order valence-corrected chi connectivity index (χ2v) is 4.03. The molecule has 0 spiro atoms. The number of quaternary nitrogens is 1. The molecule has 1 aliphatic carbocycles. The molecule has 0 amide bonds. The van der Waals surface area contributed by atoms with Gasteiger partial charge in [-0.3, -0.25) is 0 Å². The molecule has 0 unspecified atom stereocenters. The van der Waals surface area contributed by atoms with E-state index in [0.29, 0.717) is 0 Å². The van der Waals surface area contributed by atoms with Gasteiger partial charge in [-0.15, -0.1) is 0 Å². The van der Waals surface area contributed by atoms with Gasteiger partial charge in [-0.25, -0.2) is 0 Å². The van der Waals surface area contributed by atoms with Crippen molar-refractivity contribution in [2.24, 2.45) is 5.92 Å². The smallest absolute Gasteiger partial charge is 0.0870 e. The Bertz CT molecular complexity index is 95.7. The first kappa shape index (κ1) is 11.7. The summed E-state index contributed by atoms with van der Waals surface area (Å²) in [5.41, 5.74) is 0. The van der Waals surface area contributed by atoms with Gasteiger partial charge in [0, 0.05) is 0 Å². The molecule has 0 saturated heterocycles. The topological polar surface area (TPSA) is 4.44 Å². The Balaban J connectivity index is 0.000001000. The molecule has 68 valence electrons. The number of hydrogen-bond acceptors (Lipinski definition) is 0. The van der Waals surface area contributed by atoms with E-state index < -0.39 is 0 Å². The van der Waals surface area contributed by atoms with E-state index in [0.717, 1.165) is 12.0 Å². The summed E-state index contributed by atoms with van der Waals surface area (Å²) in [5.74, 6) is 0.996. The number of hydrogen-bond donors (Lipinski definition) is 1. The molecule has 0 aromatic rings. The molecule has 1 rings (SSSR count). The predicted molar refractivity (Wildman–Crippen MR) is 44.2 cm³/mol. The zero-order chi connectivity index (χ0) is 7.56. The fourth-order valence-corrected chi connectivity index (χ4v) is 1.84. The summed E-state index contributed by atoms with van der Waals surface area (Å²) in [6.07, 6.45) is 5.80. The van der Waals surface area contributed by atoms with Crippen molar-refractivity contribution in [2.45, 2.75) is 38.6 Å². The van der Waals surface area contributed by atoms with E-state index in [-0.39, 0.29) is 24.0 Å². The molecule has 0 aliphatic heterocycles. The monoisotopic (exact) mass is 269 g/mol. The maximum Gasteiger partial charge on any atom is 0.0870 e. The molecule has 1 nitrogen and oxygen atoms in total. The van der Waals surface area contributed by atoms with Crippen molar-refractivity contribution in [3.8, 4) is 0 Å². The van der Waals surface area contributed by atoms with Crippen LogP contribution in [0.15, 0.2) is 0 Å². The quantitative estimate of drug-likeness (QED) is 0.511. The van der Waals surface area contributed by atoms with Crippen LogP contribution in [-0.2, 0) is 0 Å². The van der Waals surface area contributed by atoms with E-state index in [4.69, 9.17) is 0 Å². The summed E-state index contributed by atoms with van der Waals surface area (Å²) in [7, 11) is 4.56. The number of halogens is 1. The summed E-state index contributed by atoms with van der Waals surface area (Å²) in [5, 5.41) is 0. The largest absolute Gasteiger partial charge is 1.00 e. The molecule has 11 heavy (non-hydrogen) atoms. The van der Waals surface area contributed by atoms with E-state index in [1.165, 1.54) is 25.7 Å². The highest BCUT2D eigenvalue weighted by Gasteiger charge is 2.21. The van der Waals surface area contributed by atoms with Gasteiger partial charge in [-0.05, 0) is 31.6 Å². The van der Waals surface area contributed by atoms with Crippen molar-refractivity contribution < 1.29 is 28.9 Å². The Kier molecular flexibility index (Phi) is 5.69. The van der Waals surface area contributed by atoms with Crippen LogP contribution >= 0.6 is 0 Å². The van der Waals surface area contributed by atoms with Crippen molar-refractivity contribution in [2.75, 3.05) is 14.1 Å². The summed E-state index contributed by atoms with van der Waals surface area (Å²) in [6.45, 7) is 2.38. The first-order valence-electron chi connectivity index (χ1n) is 4.50. The summed E-state index contributed by atoms with van der Waals surface area (Å²) in [6, 6.07) is 0.955. The van der Waals surface area contributed by atoms with Gasteiger partial charge in [0.2, 0.25) is 0 Å². The van der Waals surface area contributed by atoms with Crippen LogP contribution in [0.1, 0.15) is 32.6 Å². The maximum atomic E-state index is 2.38. The molecule has 0 atom stereocenters. The van der Waals surface area contributed by atoms with E-state index in [2.05, 4.69) is 21.0 Å². The van der Waals surface area contributed by atoms with E-state index in [9.17, 15) is 0 Å². The van der Waals surface area contributed by atoms with Gasteiger partial charge >= 0.3 is 0 Å². The first-order valence-corrected chi connectivity index (χ1v) is 4.50. The fourth-order valence-electron chi connectivity index (χ4n) is 1.84. The first-order chi connectivity index (χ1) is 4.70. The molecule has 1 aliphatic rings. The molecule has 1 N–H and O–H groups in total. The van der Waals surface area contributed by atoms with Crippen LogP contribution in [-0.4, -0.2) is 20.1 Å². The fraction of sp³-hybridized carbons (Fsp3) is 1.00. The van der Waals surface area contributed by atoms with Crippen LogP contribution in [0.2, 0.25) is 0 Å². The second-order valence-electron chi connectivity index (χ2n) is 4.03. The second kappa shape index (κ2) is 5.36. The standard InChI is InChI=1S/C9H19N.HI/c1-8-4-6-9(7-5-8)10(2)3;/h8-9H,4-7H2,1-3H3;1H. The van der Waals surface area contributed by atoms with Crippen LogP contribution in [0, 0.1) is 5.92 Å². The maximum absolute atomic E-state index is 2.38. The summed E-state index contributed by atoms with van der Waals surface area (Å²) in [4.78, 5) is 1.65. The molecular formula is C9H20IN. The molecule has 2 heteroatoms. The molecule has 1 fully saturated rings. The number of nitrogens with one attached hydrogen (secondary N) is 1. The minimum atomic E-state index is 0. The SMILES string of the molecule is CC1CCC([NH+](C)C)CC1.[I-]. The van der Waals surface area contributed by atoms with Crippen molar-refractivity contribution in [1.29, 1.82) is 0 Å². The Morgan fingerprint density at radius 3 is 1.82 bits per heavy atom. The van der Waals surface area contributed by atoms with Crippen molar-refractivity contribution in [3.05, 3.63) is 0 Å². The Labute approximate surface area is 87.6 Å². The highest BCUT2D eigenvalue weighted by Crippen LogP contribution is 2.21. The molecule has 1 saturated carbocycles. The lowest BCUT2D eigenvalue weighted by atomic mass is 9.87. The van der Waals surface area contributed by atoms with Crippen LogP contribution in [0.25, 0.3) is 0 Å². The third-order valence-electron chi connectivity index (χ3n) is 2.83.